The zero-order chi connectivity index (χ0) is 11.8. The van der Waals surface area contributed by atoms with Crippen molar-refractivity contribution in [2.24, 2.45) is 0 Å². The summed E-state index contributed by atoms with van der Waals surface area (Å²) in [5.74, 6) is 0.973. The second-order valence-corrected chi connectivity index (χ2v) is 3.74. The van der Waals surface area contributed by atoms with Crippen LogP contribution in [0.25, 0.3) is 0 Å². The number of ether oxygens (including phenoxy) is 1. The SMILES string of the molecule is CCC(CCl)NC(=O)COc1ccccc1. The molecule has 1 aromatic rings. The lowest BCUT2D eigenvalue weighted by molar-refractivity contribution is -0.123. The summed E-state index contributed by atoms with van der Waals surface area (Å²) in [7, 11) is 0. The second-order valence-electron chi connectivity index (χ2n) is 3.43. The van der Waals surface area contributed by atoms with E-state index in [9.17, 15) is 4.79 Å². The van der Waals surface area contributed by atoms with Gasteiger partial charge in [0.1, 0.15) is 5.75 Å². The van der Waals surface area contributed by atoms with Gasteiger partial charge in [0.25, 0.3) is 5.91 Å². The van der Waals surface area contributed by atoms with Gasteiger partial charge in [-0.3, -0.25) is 4.79 Å². The van der Waals surface area contributed by atoms with Crippen molar-refractivity contribution in [1.82, 2.24) is 5.32 Å². The molecule has 1 rings (SSSR count). The highest BCUT2D eigenvalue weighted by Crippen LogP contribution is 2.07. The minimum absolute atomic E-state index is 0.0218. The molecule has 0 aliphatic rings. The minimum atomic E-state index is -0.142. The molecule has 1 unspecified atom stereocenters. The highest BCUT2D eigenvalue weighted by Gasteiger charge is 2.09. The first-order valence-corrected chi connectivity index (χ1v) is 5.83. The molecule has 16 heavy (non-hydrogen) atoms. The van der Waals surface area contributed by atoms with Crippen molar-refractivity contribution < 1.29 is 9.53 Å². The van der Waals surface area contributed by atoms with Crippen LogP contribution in [0.2, 0.25) is 0 Å². The number of hydrogen-bond donors (Lipinski definition) is 1. The first-order chi connectivity index (χ1) is 7.76. The lowest BCUT2D eigenvalue weighted by Crippen LogP contribution is -2.38. The van der Waals surface area contributed by atoms with Gasteiger partial charge >= 0.3 is 0 Å². The van der Waals surface area contributed by atoms with Crippen molar-refractivity contribution >= 4 is 17.5 Å². The molecule has 0 saturated carbocycles. The van der Waals surface area contributed by atoms with Crippen LogP contribution in [-0.4, -0.2) is 24.4 Å². The van der Waals surface area contributed by atoms with Crippen molar-refractivity contribution in [3.8, 4) is 5.75 Å². The van der Waals surface area contributed by atoms with Crippen LogP contribution in [-0.2, 0) is 4.79 Å². The van der Waals surface area contributed by atoms with Crippen LogP contribution in [0.5, 0.6) is 5.75 Å². The zero-order valence-corrected chi connectivity index (χ0v) is 10.0. The van der Waals surface area contributed by atoms with Crippen molar-refractivity contribution in [3.05, 3.63) is 30.3 Å². The maximum Gasteiger partial charge on any atom is 0.258 e. The molecule has 1 amide bonds. The van der Waals surface area contributed by atoms with E-state index in [4.69, 9.17) is 16.3 Å². The molecule has 4 heteroatoms. The average Bonchev–Trinajstić information content (AvgIpc) is 2.34. The Kier molecular flexibility index (Phi) is 5.72. The van der Waals surface area contributed by atoms with Crippen LogP contribution in [0.1, 0.15) is 13.3 Å². The van der Waals surface area contributed by atoms with E-state index >= 15 is 0 Å². The Balaban J connectivity index is 2.30. The standard InChI is InChI=1S/C12H16ClNO2/c1-2-10(8-13)14-12(15)9-16-11-6-4-3-5-7-11/h3-7,10H,2,8-9H2,1H3,(H,14,15). The van der Waals surface area contributed by atoms with Gasteiger partial charge in [-0.25, -0.2) is 0 Å². The fourth-order valence-corrected chi connectivity index (χ4v) is 1.48. The summed E-state index contributed by atoms with van der Waals surface area (Å²) >= 11 is 5.67. The maximum absolute atomic E-state index is 11.4. The number of halogens is 1. The molecule has 0 fully saturated rings. The molecule has 0 saturated heterocycles. The summed E-state index contributed by atoms with van der Waals surface area (Å²) in [5.41, 5.74) is 0. The molecule has 3 nitrogen and oxygen atoms in total. The Labute approximate surface area is 101 Å². The van der Waals surface area contributed by atoms with Gasteiger partial charge in [-0.2, -0.15) is 0 Å². The lowest BCUT2D eigenvalue weighted by atomic mass is 10.2. The number of carbonyl (C=O) groups is 1. The molecule has 1 aromatic carbocycles. The van der Waals surface area contributed by atoms with E-state index in [1.807, 2.05) is 37.3 Å². The highest BCUT2D eigenvalue weighted by atomic mass is 35.5. The van der Waals surface area contributed by atoms with Gasteiger partial charge < -0.3 is 10.1 Å². The average molecular weight is 242 g/mol. The van der Waals surface area contributed by atoms with E-state index in [2.05, 4.69) is 5.32 Å². The number of hydrogen-bond acceptors (Lipinski definition) is 2. The number of rotatable bonds is 6. The number of alkyl halides is 1. The Bertz CT molecular complexity index is 312. The normalized spacial score (nSPS) is 11.9. The van der Waals surface area contributed by atoms with Gasteiger partial charge in [0.15, 0.2) is 6.61 Å². The van der Waals surface area contributed by atoms with E-state index in [0.29, 0.717) is 11.6 Å². The van der Waals surface area contributed by atoms with Crippen LogP contribution in [0, 0.1) is 0 Å². The van der Waals surface area contributed by atoms with Crippen LogP contribution in [0.15, 0.2) is 30.3 Å². The molecule has 1 N–H and O–H groups in total. The molecular weight excluding hydrogens is 226 g/mol. The predicted molar refractivity (Wildman–Crippen MR) is 64.9 cm³/mol. The monoisotopic (exact) mass is 241 g/mol. The highest BCUT2D eigenvalue weighted by molar-refractivity contribution is 6.18. The van der Waals surface area contributed by atoms with Gasteiger partial charge in [-0.1, -0.05) is 25.1 Å². The Morgan fingerprint density at radius 2 is 2.12 bits per heavy atom. The van der Waals surface area contributed by atoms with Crippen LogP contribution >= 0.6 is 11.6 Å². The molecule has 0 aliphatic heterocycles. The van der Waals surface area contributed by atoms with Gasteiger partial charge in [-0.15, -0.1) is 11.6 Å². The van der Waals surface area contributed by atoms with Gasteiger partial charge in [0.05, 0.1) is 0 Å². The van der Waals surface area contributed by atoms with E-state index in [-0.39, 0.29) is 18.6 Å². The van der Waals surface area contributed by atoms with Gasteiger partial charge in [0.2, 0.25) is 0 Å². The number of carbonyl (C=O) groups excluding carboxylic acids is 1. The zero-order valence-electron chi connectivity index (χ0n) is 9.28. The summed E-state index contributed by atoms with van der Waals surface area (Å²) in [6.07, 6.45) is 0.820. The van der Waals surface area contributed by atoms with Crippen LogP contribution in [0.3, 0.4) is 0 Å². The third kappa shape index (κ3) is 4.53. The number of benzene rings is 1. The van der Waals surface area contributed by atoms with E-state index in [1.165, 1.54) is 0 Å². The first kappa shape index (κ1) is 12.8. The van der Waals surface area contributed by atoms with Crippen LogP contribution in [0.4, 0.5) is 0 Å². The molecule has 0 aliphatic carbocycles. The summed E-state index contributed by atoms with van der Waals surface area (Å²) in [5, 5.41) is 2.79. The summed E-state index contributed by atoms with van der Waals surface area (Å²) in [4.78, 5) is 11.4. The molecule has 0 bridgehead atoms. The molecule has 0 spiro atoms. The third-order valence-corrected chi connectivity index (χ3v) is 2.53. The fraction of sp³-hybridized carbons (Fsp3) is 0.417. The Hall–Kier alpha value is -1.22. The molecule has 1 atom stereocenters. The largest absolute Gasteiger partial charge is 0.484 e. The first-order valence-electron chi connectivity index (χ1n) is 5.29. The van der Waals surface area contributed by atoms with E-state index < -0.39 is 0 Å². The Morgan fingerprint density at radius 3 is 2.69 bits per heavy atom. The minimum Gasteiger partial charge on any atom is -0.484 e. The fourth-order valence-electron chi connectivity index (χ4n) is 1.18. The summed E-state index contributed by atoms with van der Waals surface area (Å²) < 4.78 is 5.30. The quantitative estimate of drug-likeness (QED) is 0.776. The number of amides is 1. The van der Waals surface area contributed by atoms with Crippen molar-refractivity contribution in [1.29, 1.82) is 0 Å². The van der Waals surface area contributed by atoms with Gasteiger partial charge in [-0.05, 0) is 18.6 Å². The van der Waals surface area contributed by atoms with Crippen molar-refractivity contribution in [3.63, 3.8) is 0 Å². The van der Waals surface area contributed by atoms with Crippen molar-refractivity contribution in [2.45, 2.75) is 19.4 Å². The molecular formula is C12H16ClNO2. The number of para-hydroxylation sites is 1. The molecule has 0 aromatic heterocycles. The number of nitrogens with one attached hydrogen (secondary N) is 1. The Morgan fingerprint density at radius 1 is 1.44 bits per heavy atom. The second kappa shape index (κ2) is 7.12. The molecule has 0 radical (unpaired) electrons. The molecule has 0 heterocycles. The van der Waals surface area contributed by atoms with Crippen molar-refractivity contribution in [2.75, 3.05) is 12.5 Å². The topological polar surface area (TPSA) is 38.3 Å². The van der Waals surface area contributed by atoms with Crippen LogP contribution < -0.4 is 10.1 Å². The van der Waals surface area contributed by atoms with E-state index in [1.54, 1.807) is 0 Å². The lowest BCUT2D eigenvalue weighted by Gasteiger charge is -2.13. The van der Waals surface area contributed by atoms with E-state index in [0.717, 1.165) is 6.42 Å². The smallest absolute Gasteiger partial charge is 0.258 e. The predicted octanol–water partition coefficient (Wildman–Crippen LogP) is 2.20. The summed E-state index contributed by atoms with van der Waals surface area (Å²) in [6, 6.07) is 9.27. The van der Waals surface area contributed by atoms with Gasteiger partial charge in [0, 0.05) is 11.9 Å². The third-order valence-electron chi connectivity index (χ3n) is 2.16. The summed E-state index contributed by atoms with van der Waals surface area (Å²) in [6.45, 7) is 2.00. The molecule has 88 valence electrons. The maximum atomic E-state index is 11.4.